The fraction of sp³-hybridized carbons (Fsp3) is 0.598. The Balaban J connectivity index is 0.000000499. The Bertz CT molecular complexity index is 4460. The lowest BCUT2D eigenvalue weighted by Crippen LogP contribution is -2.19. The van der Waals surface area contributed by atoms with E-state index in [1.165, 1.54) is 72.1 Å². The van der Waals surface area contributed by atoms with Crippen molar-refractivity contribution >= 4 is 10.9 Å². The maximum Gasteiger partial charge on any atom is 0.133 e. The van der Waals surface area contributed by atoms with Crippen LogP contribution >= 0.6 is 0 Å². The molecule has 0 radical (unpaired) electrons. The highest BCUT2D eigenvalue weighted by atomic mass is 19.1. The minimum absolute atomic E-state index is 0.0112. The van der Waals surface area contributed by atoms with Crippen molar-refractivity contribution in [2.45, 2.75) is 478 Å². The average Bonchev–Trinajstić information content (AvgIpc) is 1.66. The average molecular weight is 1790 g/mol. The van der Waals surface area contributed by atoms with Crippen molar-refractivity contribution < 1.29 is 4.39 Å². The molecule has 9 heteroatoms. The van der Waals surface area contributed by atoms with Gasteiger partial charge in [-0.2, -0.15) is 0 Å². The second-order valence-corrected chi connectivity index (χ2v) is 55.1. The zero-order valence-electron chi connectivity index (χ0n) is 94.6. The van der Waals surface area contributed by atoms with E-state index in [4.69, 9.17) is 0 Å². The molecular weight excluding hydrogens is 1600 g/mol. The predicted molar refractivity (Wildman–Crippen MR) is 576 cm³/mol. The number of fused-ring (bicyclic) bond motifs is 1. The highest BCUT2D eigenvalue weighted by Gasteiger charge is 2.30. The van der Waals surface area contributed by atoms with Crippen molar-refractivity contribution in [1.29, 1.82) is 0 Å². The quantitative estimate of drug-likeness (QED) is 0.161. The molecule has 131 heavy (non-hydrogen) atoms. The Kier molecular flexibility index (Phi) is 40.1. The van der Waals surface area contributed by atoms with Crippen LogP contribution in [0.3, 0.4) is 0 Å². The van der Waals surface area contributed by atoms with Crippen LogP contribution in [0.1, 0.15) is 481 Å². The van der Waals surface area contributed by atoms with E-state index in [1.54, 1.807) is 12.4 Å². The number of rotatable bonds is 0. The van der Waals surface area contributed by atoms with Crippen LogP contribution in [-0.4, -0.2) is 39.9 Å². The van der Waals surface area contributed by atoms with Gasteiger partial charge < -0.3 is 4.98 Å². The van der Waals surface area contributed by atoms with Crippen LogP contribution in [0.2, 0.25) is 0 Å². The molecule has 0 saturated carbocycles. The Morgan fingerprint density at radius 1 is 0.206 bits per heavy atom. The fourth-order valence-electron chi connectivity index (χ4n) is 13.6. The normalized spacial score (nSPS) is 13.0. The van der Waals surface area contributed by atoms with Gasteiger partial charge in [0, 0.05) is 97.7 Å². The number of aromatic nitrogens is 8. The summed E-state index contributed by atoms with van der Waals surface area (Å²) in [5.41, 5.74) is 26.5. The molecule has 5 heterocycles. The standard InChI is InChI=1S/C16H23N.C15H24.C14H21F.2C14H22.C13H21N.3C12H20N2/c1-15(2,3)12-7-8-13(16(4,5)6)14-11(12)9-10-17-14;1-11-10-12(14(2,3)4)8-9-13(11)15(5,6)7;1-13(2,3)10-7-8-11(12(15)9-10)14(4,5)6;1-13(2,3)11-7-9-12(10-8-11)14(4,5)6;1-13(2,3)11-8-7-9-12(10-11)14(4,5)6;1-12(2,3)10-7-8-11(14-9-10)13(4,5)6;1-11(2,3)9-7-14-10(8-13-9)12(4,5)6;1-11(2,3)9-7-10(12(4,5)6)14-8-13-9;1-11(2,3)9-7-13-10(14-8-9)12(4,5)6/h7-10,17H,1-6H3;8-10H,1-7H3;7-9H,1-6H3;2*7-10H,1-6H3;7-9H,1-6H3;3*7-8H,1-6H3. The topological polar surface area (TPSA) is 106 Å². The number of H-pyrrole nitrogens is 1. The van der Waals surface area contributed by atoms with Crippen molar-refractivity contribution in [3.8, 4) is 0 Å². The van der Waals surface area contributed by atoms with Crippen molar-refractivity contribution in [1.82, 2.24) is 39.9 Å². The van der Waals surface area contributed by atoms with Gasteiger partial charge in [0.25, 0.3) is 0 Å². The van der Waals surface area contributed by atoms with Crippen LogP contribution in [0.4, 0.5) is 4.39 Å². The molecule has 0 bridgehead atoms. The number of hydrogen-bond acceptors (Lipinski definition) is 7. The summed E-state index contributed by atoms with van der Waals surface area (Å²) in [6, 6.07) is 43.6. The fourth-order valence-corrected chi connectivity index (χ4v) is 13.6. The zero-order valence-corrected chi connectivity index (χ0v) is 94.6. The van der Waals surface area contributed by atoms with Crippen molar-refractivity contribution in [3.63, 3.8) is 0 Å². The molecule has 1 N–H and O–H groups in total. The molecule has 8 nitrogen and oxygen atoms in total. The van der Waals surface area contributed by atoms with Gasteiger partial charge in [0.2, 0.25) is 0 Å². The van der Waals surface area contributed by atoms with E-state index < -0.39 is 0 Å². The Hall–Kier alpha value is -8.04. The highest BCUT2D eigenvalue weighted by Crippen LogP contribution is 2.39. The van der Waals surface area contributed by atoms with E-state index in [-0.39, 0.29) is 103 Å². The number of hydrogen-bond donors (Lipinski definition) is 1. The molecule has 0 fully saturated rings. The molecule has 0 aliphatic carbocycles. The SMILES string of the molecule is CC(C)(C)c1cc(C(C)(C)C)ncn1.CC(C)(C)c1ccc(C(C)(C)C)c(F)c1.CC(C)(C)c1ccc(C(C)(C)C)c2[nH]ccc12.CC(C)(C)c1ccc(C(C)(C)C)cc1.CC(C)(C)c1ccc(C(C)(C)C)nc1.CC(C)(C)c1cccc(C(C)(C)C)c1.CC(C)(C)c1cnc(C(C)(C)C)cn1.CC(C)(C)c1cnc(C(C)(C)C)nc1.Cc1cc(C(C)(C)C)ccc1C(C)(C)C. The van der Waals surface area contributed by atoms with Gasteiger partial charge in [-0.15, -0.1) is 0 Å². The van der Waals surface area contributed by atoms with Crippen LogP contribution in [-0.2, 0) is 97.5 Å². The summed E-state index contributed by atoms with van der Waals surface area (Å²) in [6.07, 6.45) is 13.4. The van der Waals surface area contributed by atoms with Gasteiger partial charge in [-0.05, 0) is 168 Å². The monoisotopic (exact) mass is 1790 g/mol. The Morgan fingerprint density at radius 3 is 0.786 bits per heavy atom. The first-order valence-electron chi connectivity index (χ1n) is 48.4. The molecule has 0 unspecified atom stereocenters. The number of benzene rings is 5. The first kappa shape index (κ1) is 119. The first-order valence-corrected chi connectivity index (χ1v) is 48.4. The highest BCUT2D eigenvalue weighted by molar-refractivity contribution is 5.87. The predicted octanol–water partition coefficient (Wildman–Crippen LogP) is 35.2. The van der Waals surface area contributed by atoms with Gasteiger partial charge in [0.15, 0.2) is 0 Å². The molecule has 0 aliphatic heterocycles. The van der Waals surface area contributed by atoms with E-state index in [0.29, 0.717) is 0 Å². The van der Waals surface area contributed by atoms with Gasteiger partial charge >= 0.3 is 0 Å². The molecule has 0 spiro atoms. The molecule has 10 rings (SSSR count). The molecule has 5 aromatic carbocycles. The molecular formula is C122H193FN8. The van der Waals surface area contributed by atoms with E-state index in [9.17, 15) is 4.39 Å². The summed E-state index contributed by atoms with van der Waals surface area (Å²) in [7, 11) is 0. The van der Waals surface area contributed by atoms with Gasteiger partial charge in [-0.1, -0.05) is 471 Å². The Morgan fingerprint density at radius 2 is 0.496 bits per heavy atom. The molecule has 728 valence electrons. The second kappa shape index (κ2) is 44.2. The van der Waals surface area contributed by atoms with E-state index in [0.717, 1.165) is 45.4 Å². The largest absolute Gasteiger partial charge is 0.361 e. The summed E-state index contributed by atoms with van der Waals surface area (Å²) < 4.78 is 13.9. The lowest BCUT2D eigenvalue weighted by molar-refractivity contribution is 0.513. The van der Waals surface area contributed by atoms with Crippen molar-refractivity contribution in [3.05, 3.63) is 277 Å². The van der Waals surface area contributed by atoms with Crippen LogP contribution < -0.4 is 0 Å². The maximum atomic E-state index is 13.9. The third kappa shape index (κ3) is 40.2. The molecule has 0 amide bonds. The first-order chi connectivity index (χ1) is 58.2. The van der Waals surface area contributed by atoms with E-state index >= 15 is 0 Å². The minimum atomic E-state index is -0.125. The number of nitrogens with zero attached hydrogens (tertiary/aromatic N) is 7. The lowest BCUT2D eigenvalue weighted by Gasteiger charge is -2.25. The van der Waals surface area contributed by atoms with Gasteiger partial charge in [-0.3, -0.25) is 15.0 Å². The van der Waals surface area contributed by atoms with Crippen LogP contribution in [0, 0.1) is 12.7 Å². The molecule has 5 aromatic heterocycles. The van der Waals surface area contributed by atoms with Crippen molar-refractivity contribution in [2.75, 3.05) is 0 Å². The minimum Gasteiger partial charge on any atom is -0.361 e. The van der Waals surface area contributed by atoms with Crippen LogP contribution in [0.25, 0.3) is 10.9 Å². The van der Waals surface area contributed by atoms with Crippen molar-refractivity contribution in [2.24, 2.45) is 0 Å². The lowest BCUT2D eigenvalue weighted by atomic mass is 9.80. The third-order valence-electron chi connectivity index (χ3n) is 23.1. The summed E-state index contributed by atoms with van der Waals surface area (Å²) in [5, 5.41) is 1.37. The maximum absolute atomic E-state index is 13.9. The summed E-state index contributed by atoms with van der Waals surface area (Å²) >= 11 is 0. The molecule has 0 atom stereocenters. The number of halogens is 1. The summed E-state index contributed by atoms with van der Waals surface area (Å²) in [6.45, 7) is 121. The van der Waals surface area contributed by atoms with Gasteiger partial charge in [-0.25, -0.2) is 24.3 Å². The molecule has 10 aromatic rings. The third-order valence-corrected chi connectivity index (χ3v) is 23.1. The summed E-state index contributed by atoms with van der Waals surface area (Å²) in [4.78, 5) is 34.3. The van der Waals surface area contributed by atoms with E-state index in [1.807, 2.05) is 63.9 Å². The second-order valence-electron chi connectivity index (χ2n) is 55.1. The smallest absolute Gasteiger partial charge is 0.133 e. The Labute approximate surface area is 805 Å². The number of pyridine rings is 1. The number of aryl methyl sites for hydroxylation is 1. The van der Waals surface area contributed by atoms with E-state index in [2.05, 4.69) is 509 Å². The van der Waals surface area contributed by atoms with Crippen LogP contribution in [0.15, 0.2) is 165 Å². The van der Waals surface area contributed by atoms with Gasteiger partial charge in [0.1, 0.15) is 18.0 Å². The molecule has 0 saturated heterocycles. The number of nitrogens with one attached hydrogen (secondary N) is 1. The van der Waals surface area contributed by atoms with Gasteiger partial charge in [0.05, 0.1) is 11.4 Å². The summed E-state index contributed by atoms with van der Waals surface area (Å²) in [5.74, 6) is 0.820. The molecule has 0 aliphatic rings. The van der Waals surface area contributed by atoms with Crippen LogP contribution in [0.5, 0.6) is 0 Å². The zero-order chi connectivity index (χ0) is 102. The number of aromatic amines is 1.